The predicted molar refractivity (Wildman–Crippen MR) is 54.1 cm³/mol. The van der Waals surface area contributed by atoms with Gasteiger partial charge in [-0.05, 0) is 32.0 Å². The van der Waals surface area contributed by atoms with Gasteiger partial charge in [-0.2, -0.15) is 5.26 Å². The average molecular weight is 194 g/mol. The highest BCUT2D eigenvalue weighted by molar-refractivity contribution is 7.85. The largest absolute Gasteiger partial charge is 0.192 e. The molecule has 0 bridgehead atoms. The van der Waals surface area contributed by atoms with Crippen LogP contribution in [0, 0.1) is 18.3 Å². The molecule has 0 radical (unpaired) electrons. The Morgan fingerprint density at radius 3 is 2.69 bits per heavy atom. The van der Waals surface area contributed by atoms with Gasteiger partial charge in [0.2, 0.25) is 0 Å². The first-order chi connectivity index (χ1) is 6.19. The van der Waals surface area contributed by atoms with Gasteiger partial charge in [-0.15, -0.1) is 4.21 Å². The second kappa shape index (κ2) is 4.20. The number of rotatable bonds is 2. The molecular formula is C10H12NOS+. The standard InChI is InChI=1S/C10H11NOS/c1-3-13(12)10-5-4-9(7-11)6-8(10)2/h4-6H,3H2,1-2H3/p+1. The van der Waals surface area contributed by atoms with Crippen molar-refractivity contribution in [1.29, 1.82) is 5.26 Å². The van der Waals surface area contributed by atoms with Gasteiger partial charge in [-0.3, -0.25) is 0 Å². The van der Waals surface area contributed by atoms with E-state index < -0.39 is 10.8 Å². The quantitative estimate of drug-likeness (QED) is 0.533. The smallest absolute Gasteiger partial charge is 0.158 e. The second-order valence-corrected chi connectivity index (χ2v) is 4.68. The van der Waals surface area contributed by atoms with Crippen molar-refractivity contribution < 1.29 is 4.21 Å². The number of nitriles is 1. The third kappa shape index (κ3) is 2.16. The van der Waals surface area contributed by atoms with Crippen molar-refractivity contribution in [1.82, 2.24) is 0 Å². The van der Waals surface area contributed by atoms with Crippen molar-refractivity contribution in [2.75, 3.05) is 5.75 Å². The topological polar surface area (TPSA) is 40.9 Å². The van der Waals surface area contributed by atoms with Crippen LogP contribution in [0.4, 0.5) is 0 Å². The van der Waals surface area contributed by atoms with Crippen LogP contribution in [0.15, 0.2) is 23.1 Å². The highest BCUT2D eigenvalue weighted by atomic mass is 32.2. The third-order valence-corrected chi connectivity index (χ3v) is 3.50. The lowest BCUT2D eigenvalue weighted by Gasteiger charge is -1.97. The van der Waals surface area contributed by atoms with E-state index in [1.165, 1.54) is 0 Å². The molecule has 0 aliphatic carbocycles. The van der Waals surface area contributed by atoms with Crippen LogP contribution in [0.1, 0.15) is 18.1 Å². The van der Waals surface area contributed by atoms with Gasteiger partial charge in [0, 0.05) is 5.56 Å². The average Bonchev–Trinajstić information content (AvgIpc) is 2.16. The van der Waals surface area contributed by atoms with E-state index in [0.29, 0.717) is 11.3 Å². The van der Waals surface area contributed by atoms with Gasteiger partial charge in [-0.25, -0.2) is 0 Å². The van der Waals surface area contributed by atoms with Gasteiger partial charge < -0.3 is 0 Å². The fourth-order valence-corrected chi connectivity index (χ4v) is 2.21. The van der Waals surface area contributed by atoms with Gasteiger partial charge in [0.1, 0.15) is 16.6 Å². The third-order valence-electron chi connectivity index (χ3n) is 1.88. The molecule has 0 aliphatic rings. The molecule has 0 saturated carbocycles. The zero-order valence-corrected chi connectivity index (χ0v) is 8.64. The zero-order chi connectivity index (χ0) is 9.84. The van der Waals surface area contributed by atoms with E-state index in [1.807, 2.05) is 13.8 Å². The van der Waals surface area contributed by atoms with Gasteiger partial charge >= 0.3 is 0 Å². The number of aryl methyl sites for hydroxylation is 1. The molecule has 1 atom stereocenters. The van der Waals surface area contributed by atoms with Crippen molar-refractivity contribution >= 4 is 10.8 Å². The molecule has 1 rings (SSSR count). The summed E-state index contributed by atoms with van der Waals surface area (Å²) in [5, 5.41) is 8.63. The summed E-state index contributed by atoms with van der Waals surface area (Å²) in [4.78, 5) is 0.872. The van der Waals surface area contributed by atoms with Crippen LogP contribution in [0.5, 0.6) is 0 Å². The summed E-state index contributed by atoms with van der Waals surface area (Å²) in [5.74, 6) is 0.655. The van der Waals surface area contributed by atoms with E-state index >= 15 is 0 Å². The van der Waals surface area contributed by atoms with Gasteiger partial charge in [-0.1, -0.05) is 0 Å². The van der Waals surface area contributed by atoms with Crippen molar-refractivity contribution in [3.8, 4) is 6.07 Å². The molecule has 0 aromatic heterocycles. The van der Waals surface area contributed by atoms with Crippen LogP contribution in [-0.4, -0.2) is 5.75 Å². The number of hydrogen-bond acceptors (Lipinski definition) is 2. The molecule has 0 amide bonds. The van der Waals surface area contributed by atoms with Crippen molar-refractivity contribution in [2.45, 2.75) is 18.7 Å². The minimum atomic E-state index is -1.27. The number of benzene rings is 1. The van der Waals surface area contributed by atoms with Crippen LogP contribution in [-0.2, 0) is 15.0 Å². The minimum Gasteiger partial charge on any atom is -0.192 e. The van der Waals surface area contributed by atoms with E-state index in [-0.39, 0.29) is 0 Å². The molecule has 0 saturated heterocycles. The Morgan fingerprint density at radius 1 is 1.54 bits per heavy atom. The molecule has 0 fully saturated rings. The first-order valence-corrected chi connectivity index (χ1v) is 5.59. The molecule has 0 N–H and O–H groups in total. The van der Waals surface area contributed by atoms with Crippen molar-refractivity contribution in [2.24, 2.45) is 0 Å². The molecule has 0 spiro atoms. The number of thiol groups is 1. The van der Waals surface area contributed by atoms with Gasteiger partial charge in [0.25, 0.3) is 0 Å². The van der Waals surface area contributed by atoms with Crippen LogP contribution in [0.3, 0.4) is 0 Å². The van der Waals surface area contributed by atoms with Gasteiger partial charge in [0.05, 0.1) is 11.6 Å². The van der Waals surface area contributed by atoms with E-state index in [2.05, 4.69) is 6.07 Å². The van der Waals surface area contributed by atoms with Crippen molar-refractivity contribution in [3.05, 3.63) is 29.3 Å². The first-order valence-electron chi connectivity index (χ1n) is 4.14. The summed E-state index contributed by atoms with van der Waals surface area (Å²) in [6.07, 6.45) is 0. The highest BCUT2D eigenvalue weighted by Gasteiger charge is 2.10. The predicted octanol–water partition coefficient (Wildman–Crippen LogP) is 1.94. The maximum Gasteiger partial charge on any atom is 0.158 e. The summed E-state index contributed by atoms with van der Waals surface area (Å²) in [7, 11) is -1.27. The van der Waals surface area contributed by atoms with Crippen LogP contribution in [0.2, 0.25) is 0 Å². The monoisotopic (exact) mass is 194 g/mol. The Morgan fingerprint density at radius 2 is 2.23 bits per heavy atom. The maximum atomic E-state index is 11.5. The molecule has 0 aliphatic heterocycles. The van der Waals surface area contributed by atoms with Crippen LogP contribution >= 0.6 is 0 Å². The summed E-state index contributed by atoms with van der Waals surface area (Å²) >= 11 is 0. The molecule has 0 heterocycles. The van der Waals surface area contributed by atoms with Crippen molar-refractivity contribution in [3.63, 3.8) is 0 Å². The molecule has 1 aromatic carbocycles. The fourth-order valence-electron chi connectivity index (χ4n) is 1.18. The lowest BCUT2D eigenvalue weighted by molar-refractivity contribution is 0.596. The summed E-state index contributed by atoms with van der Waals surface area (Å²) in [5.41, 5.74) is 1.57. The Balaban J connectivity index is 3.14. The summed E-state index contributed by atoms with van der Waals surface area (Å²) in [6.45, 7) is 3.79. The lowest BCUT2D eigenvalue weighted by Crippen LogP contribution is -1.96. The molecule has 1 aromatic rings. The molecule has 3 heteroatoms. The summed E-state index contributed by atoms with van der Waals surface area (Å²) in [6, 6.07) is 7.33. The Bertz CT molecular complexity index is 379. The Hall–Kier alpha value is -1.14. The van der Waals surface area contributed by atoms with E-state index in [0.717, 1.165) is 10.5 Å². The SMILES string of the molecule is CC[SH+](=O)c1ccc(C#N)cc1C. The Labute approximate surface area is 80.7 Å². The molecule has 68 valence electrons. The van der Waals surface area contributed by atoms with Crippen LogP contribution < -0.4 is 0 Å². The first kappa shape index (κ1) is 9.94. The normalized spacial score (nSPS) is 12.1. The maximum absolute atomic E-state index is 11.5. The lowest BCUT2D eigenvalue weighted by atomic mass is 10.2. The second-order valence-electron chi connectivity index (χ2n) is 2.81. The summed E-state index contributed by atoms with van der Waals surface area (Å²) < 4.78 is 11.5. The highest BCUT2D eigenvalue weighted by Crippen LogP contribution is 2.14. The number of hydrogen-bond donors (Lipinski definition) is 0. The molecule has 2 nitrogen and oxygen atoms in total. The fraction of sp³-hybridized carbons (Fsp3) is 0.300. The van der Waals surface area contributed by atoms with Gasteiger partial charge in [0.15, 0.2) is 4.90 Å². The van der Waals surface area contributed by atoms with E-state index in [9.17, 15) is 4.21 Å². The minimum absolute atomic E-state index is 0.626. The number of nitrogens with zero attached hydrogens (tertiary/aromatic N) is 1. The van der Waals surface area contributed by atoms with E-state index in [1.54, 1.807) is 18.2 Å². The van der Waals surface area contributed by atoms with Crippen LogP contribution in [0.25, 0.3) is 0 Å². The zero-order valence-electron chi connectivity index (χ0n) is 7.74. The Kier molecular flexibility index (Phi) is 3.21. The van der Waals surface area contributed by atoms with E-state index in [4.69, 9.17) is 5.26 Å². The molecular weight excluding hydrogens is 182 g/mol. The molecule has 1 unspecified atom stereocenters. The molecule has 13 heavy (non-hydrogen) atoms.